The zero-order valence-electron chi connectivity index (χ0n) is 17.5. The molecule has 2 heterocycles. The quantitative estimate of drug-likeness (QED) is 0.641. The van der Waals surface area contributed by atoms with Gasteiger partial charge in [0.25, 0.3) is 5.56 Å². The molecule has 0 saturated heterocycles. The van der Waals surface area contributed by atoms with Crippen molar-refractivity contribution in [2.75, 3.05) is 25.1 Å². The van der Waals surface area contributed by atoms with E-state index in [2.05, 4.69) is 41.7 Å². The number of likely N-dealkylation sites (N-methyl/N-ethyl adjacent to an activating group) is 1. The Morgan fingerprint density at radius 2 is 1.83 bits per heavy atom. The number of fused-ring (bicyclic) bond motifs is 1. The minimum Gasteiger partial charge on any atom is -0.476 e. The third kappa shape index (κ3) is 3.26. The van der Waals surface area contributed by atoms with Crippen LogP contribution in [0.15, 0.2) is 70.8 Å². The Kier molecular flexibility index (Phi) is 5.12. The molecule has 154 valence electrons. The normalized spacial score (nSPS) is 14.4. The predicted molar refractivity (Wildman–Crippen MR) is 120 cm³/mol. The minimum atomic E-state index is -0.227. The Hall–Kier alpha value is -3.47. The first-order valence-electron chi connectivity index (χ1n) is 9.99. The average Bonchev–Trinajstić information content (AvgIpc) is 3.17. The molecule has 3 aromatic rings. The third-order valence-corrected chi connectivity index (χ3v) is 5.49. The number of aromatic nitrogens is 2. The number of hydrogen-bond acceptors (Lipinski definition) is 4. The molecule has 0 aliphatic carbocycles. The van der Waals surface area contributed by atoms with Crippen molar-refractivity contribution in [3.63, 3.8) is 0 Å². The van der Waals surface area contributed by atoms with Crippen molar-refractivity contribution >= 4 is 11.8 Å². The topological polar surface area (TPSA) is 76.3 Å². The van der Waals surface area contributed by atoms with Crippen LogP contribution >= 0.6 is 0 Å². The molecule has 6 nitrogen and oxygen atoms in total. The number of rotatable bonds is 5. The zero-order chi connectivity index (χ0) is 21.3. The van der Waals surface area contributed by atoms with E-state index in [1.165, 1.54) is 10.2 Å². The molecule has 0 radical (unpaired) electrons. The second-order valence-corrected chi connectivity index (χ2v) is 7.81. The van der Waals surface area contributed by atoms with E-state index in [0.717, 1.165) is 17.1 Å². The Balaban J connectivity index is 1.84. The second-order valence-electron chi connectivity index (χ2n) is 7.81. The van der Waals surface area contributed by atoms with Crippen LogP contribution < -0.4 is 20.9 Å². The van der Waals surface area contributed by atoms with Crippen LogP contribution in [0.25, 0.3) is 11.8 Å². The zero-order valence-corrected chi connectivity index (χ0v) is 17.5. The van der Waals surface area contributed by atoms with Crippen molar-refractivity contribution in [2.24, 2.45) is 5.73 Å². The number of nitrogens with two attached hydrogens (primary N) is 1. The highest BCUT2D eigenvalue weighted by molar-refractivity contribution is 5.71. The summed E-state index contributed by atoms with van der Waals surface area (Å²) in [5.74, 6) is 0.387. The molecule has 1 aromatic heterocycles. The number of nitrogens with zero attached hydrogens (tertiary/aromatic N) is 2. The van der Waals surface area contributed by atoms with E-state index in [1.54, 1.807) is 6.08 Å². The van der Waals surface area contributed by atoms with Crippen LogP contribution in [0, 0.1) is 0 Å². The number of anilines is 1. The van der Waals surface area contributed by atoms with Gasteiger partial charge in [0.1, 0.15) is 12.2 Å². The Morgan fingerprint density at radius 1 is 1.13 bits per heavy atom. The van der Waals surface area contributed by atoms with E-state index < -0.39 is 0 Å². The van der Waals surface area contributed by atoms with Gasteiger partial charge in [-0.25, -0.2) is 4.68 Å². The van der Waals surface area contributed by atoms with Gasteiger partial charge < -0.3 is 15.4 Å². The number of benzene rings is 2. The number of hydrogen-bond donors (Lipinski definition) is 2. The summed E-state index contributed by atoms with van der Waals surface area (Å²) in [7, 11) is 2.02. The fraction of sp³-hybridized carbons (Fsp3) is 0.250. The van der Waals surface area contributed by atoms with Crippen LogP contribution in [0.3, 0.4) is 0 Å². The molecule has 2 aromatic carbocycles. The van der Waals surface area contributed by atoms with Gasteiger partial charge in [0, 0.05) is 30.8 Å². The largest absolute Gasteiger partial charge is 0.476 e. The van der Waals surface area contributed by atoms with Crippen molar-refractivity contribution in [3.8, 4) is 11.6 Å². The van der Waals surface area contributed by atoms with Gasteiger partial charge in [-0.15, -0.1) is 0 Å². The van der Waals surface area contributed by atoms with Gasteiger partial charge in [0.2, 0.25) is 5.88 Å². The van der Waals surface area contributed by atoms with Crippen LogP contribution in [-0.4, -0.2) is 30.0 Å². The highest BCUT2D eigenvalue weighted by Gasteiger charge is 2.38. The van der Waals surface area contributed by atoms with Crippen LogP contribution in [0.2, 0.25) is 0 Å². The fourth-order valence-electron chi connectivity index (χ4n) is 3.97. The molecule has 30 heavy (non-hydrogen) atoms. The maximum Gasteiger partial charge on any atom is 0.283 e. The van der Waals surface area contributed by atoms with Gasteiger partial charge in [-0.1, -0.05) is 42.1 Å². The van der Waals surface area contributed by atoms with Crippen molar-refractivity contribution in [2.45, 2.75) is 19.3 Å². The number of para-hydroxylation sites is 2. The van der Waals surface area contributed by atoms with E-state index in [1.807, 2.05) is 49.5 Å². The summed E-state index contributed by atoms with van der Waals surface area (Å²) >= 11 is 0. The summed E-state index contributed by atoms with van der Waals surface area (Å²) in [6.45, 7) is 4.99. The van der Waals surface area contributed by atoms with Gasteiger partial charge in [0.05, 0.1) is 11.4 Å². The van der Waals surface area contributed by atoms with Crippen LogP contribution in [-0.2, 0) is 5.41 Å². The van der Waals surface area contributed by atoms with Gasteiger partial charge in [0.15, 0.2) is 0 Å². The Bertz CT molecular complexity index is 1180. The molecular weight excluding hydrogens is 376 g/mol. The molecule has 0 fully saturated rings. The molecule has 4 rings (SSSR count). The van der Waals surface area contributed by atoms with Crippen molar-refractivity contribution in [1.82, 2.24) is 9.78 Å². The summed E-state index contributed by atoms with van der Waals surface area (Å²) in [6.07, 6.45) is 1.71. The summed E-state index contributed by atoms with van der Waals surface area (Å²) < 4.78 is 7.20. The first-order chi connectivity index (χ1) is 14.4. The molecule has 0 unspecified atom stereocenters. The molecule has 6 heteroatoms. The molecule has 0 atom stereocenters. The summed E-state index contributed by atoms with van der Waals surface area (Å²) in [5.41, 5.74) is 13.1. The minimum absolute atomic E-state index is 0.197. The smallest absolute Gasteiger partial charge is 0.283 e. The van der Waals surface area contributed by atoms with E-state index >= 15 is 0 Å². The first-order valence-corrected chi connectivity index (χ1v) is 9.99. The van der Waals surface area contributed by atoms with Crippen LogP contribution in [0.4, 0.5) is 5.69 Å². The SMILES string of the molecule is CN1C(=C=Cc2c(OCCN)[nH]n(-c3ccccc3)c2=O)C(C)(C)c2ccccc21. The molecule has 3 N–H and O–H groups in total. The monoisotopic (exact) mass is 402 g/mol. The summed E-state index contributed by atoms with van der Waals surface area (Å²) in [6, 6.07) is 17.7. The van der Waals surface area contributed by atoms with E-state index in [-0.39, 0.29) is 11.0 Å². The highest BCUT2D eigenvalue weighted by atomic mass is 16.5. The molecule has 0 saturated carbocycles. The first kappa shape index (κ1) is 19.8. The Labute approximate surface area is 175 Å². The molecule has 1 aliphatic heterocycles. The van der Waals surface area contributed by atoms with Gasteiger partial charge in [-0.2, -0.15) is 0 Å². The fourth-order valence-corrected chi connectivity index (χ4v) is 3.97. The number of ether oxygens (including phenoxy) is 1. The highest BCUT2D eigenvalue weighted by Crippen LogP contribution is 2.46. The van der Waals surface area contributed by atoms with Gasteiger partial charge in [-0.05, 0) is 37.6 Å². The van der Waals surface area contributed by atoms with Crippen molar-refractivity contribution < 1.29 is 4.74 Å². The third-order valence-electron chi connectivity index (χ3n) is 5.49. The maximum absolute atomic E-state index is 13.1. The van der Waals surface area contributed by atoms with Crippen LogP contribution in [0.5, 0.6) is 5.88 Å². The number of H-pyrrole nitrogens is 1. The Morgan fingerprint density at radius 3 is 2.53 bits per heavy atom. The lowest BCUT2D eigenvalue weighted by molar-refractivity contribution is 0.313. The van der Waals surface area contributed by atoms with Crippen molar-refractivity contribution in [1.29, 1.82) is 0 Å². The lowest BCUT2D eigenvalue weighted by Crippen LogP contribution is -2.22. The van der Waals surface area contributed by atoms with Crippen molar-refractivity contribution in [3.05, 3.63) is 87.5 Å². The van der Waals surface area contributed by atoms with E-state index in [9.17, 15) is 4.79 Å². The lowest BCUT2D eigenvalue weighted by Gasteiger charge is -2.21. The predicted octanol–water partition coefficient (Wildman–Crippen LogP) is 3.43. The number of aromatic amines is 1. The average molecular weight is 402 g/mol. The molecular formula is C24H26N4O2. The molecule has 1 aliphatic rings. The van der Waals surface area contributed by atoms with Crippen LogP contribution in [0.1, 0.15) is 25.0 Å². The molecule has 0 amide bonds. The molecule has 0 spiro atoms. The lowest BCUT2D eigenvalue weighted by atomic mass is 9.84. The number of allylic oxidation sites excluding steroid dienone is 1. The van der Waals surface area contributed by atoms with Gasteiger partial charge >= 0.3 is 0 Å². The van der Waals surface area contributed by atoms with E-state index in [0.29, 0.717) is 24.6 Å². The summed E-state index contributed by atoms with van der Waals surface area (Å²) in [4.78, 5) is 15.3. The van der Waals surface area contributed by atoms with Gasteiger partial charge in [-0.3, -0.25) is 9.89 Å². The maximum atomic E-state index is 13.1. The van der Waals surface area contributed by atoms with E-state index in [4.69, 9.17) is 10.5 Å². The molecule has 0 bridgehead atoms. The number of nitrogens with one attached hydrogen (secondary N) is 1. The second kappa shape index (κ2) is 7.75. The standard InChI is InChI=1S/C24H26N4O2/c1-24(2)19-11-7-8-12-20(19)27(3)21(24)14-13-18-22(30-16-15-25)26-28(23(18)29)17-9-5-4-6-10-17/h4-13,26H,15-16,25H2,1-3H3. The summed E-state index contributed by atoms with van der Waals surface area (Å²) in [5, 5.41) is 3.06.